The number of halogens is 1. The summed E-state index contributed by atoms with van der Waals surface area (Å²) in [6, 6.07) is 21.7. The summed E-state index contributed by atoms with van der Waals surface area (Å²) in [5.74, 6) is -1.22. The highest BCUT2D eigenvalue weighted by molar-refractivity contribution is 6.46. The van der Waals surface area contributed by atoms with Crippen molar-refractivity contribution in [2.45, 2.75) is 6.92 Å². The third kappa shape index (κ3) is 3.55. The standard InChI is InChI=1S/C24H19FN2O3/c1-2-30-18-12-8-11-17(15-18)26-22-21(16-9-4-3-5-10-16)23(28)27(24(22)29)20-14-7-6-13-19(20)25/h3-15,26H,2H2,1H3. The largest absolute Gasteiger partial charge is 0.494 e. The Hall–Kier alpha value is -3.93. The maximum absolute atomic E-state index is 14.4. The van der Waals surface area contributed by atoms with Gasteiger partial charge in [-0.1, -0.05) is 48.5 Å². The number of carbonyl (C=O) groups excluding carboxylic acids is 2. The molecule has 5 nitrogen and oxygen atoms in total. The smallest absolute Gasteiger partial charge is 0.282 e. The number of hydrogen-bond donors (Lipinski definition) is 1. The summed E-state index contributed by atoms with van der Waals surface area (Å²) in [4.78, 5) is 27.4. The quantitative estimate of drug-likeness (QED) is 0.611. The molecular weight excluding hydrogens is 383 g/mol. The zero-order valence-corrected chi connectivity index (χ0v) is 16.3. The molecule has 0 unspecified atom stereocenters. The molecule has 1 N–H and O–H groups in total. The average molecular weight is 402 g/mol. The first-order chi connectivity index (χ1) is 14.6. The van der Waals surface area contributed by atoms with E-state index >= 15 is 0 Å². The minimum absolute atomic E-state index is 0.0826. The molecule has 0 fully saturated rings. The fourth-order valence-electron chi connectivity index (χ4n) is 3.34. The van der Waals surface area contributed by atoms with Crippen LogP contribution in [0.15, 0.2) is 84.6 Å². The summed E-state index contributed by atoms with van der Waals surface area (Å²) in [6.45, 7) is 2.38. The third-order valence-electron chi connectivity index (χ3n) is 4.65. The fraction of sp³-hybridized carbons (Fsp3) is 0.0833. The molecule has 1 aliphatic heterocycles. The van der Waals surface area contributed by atoms with Crippen LogP contribution in [0.25, 0.3) is 5.57 Å². The Morgan fingerprint density at radius 2 is 1.63 bits per heavy atom. The van der Waals surface area contributed by atoms with E-state index in [9.17, 15) is 14.0 Å². The Balaban J connectivity index is 1.80. The number of carbonyl (C=O) groups is 2. The lowest BCUT2D eigenvalue weighted by atomic mass is 10.0. The van der Waals surface area contributed by atoms with E-state index < -0.39 is 17.6 Å². The number of imide groups is 1. The lowest BCUT2D eigenvalue weighted by molar-refractivity contribution is -0.120. The van der Waals surface area contributed by atoms with Gasteiger partial charge in [-0.15, -0.1) is 0 Å². The Kier molecular flexibility index (Phi) is 5.30. The van der Waals surface area contributed by atoms with E-state index in [1.165, 1.54) is 18.2 Å². The molecule has 1 heterocycles. The van der Waals surface area contributed by atoms with E-state index in [1.54, 1.807) is 54.6 Å². The van der Waals surface area contributed by atoms with Crippen molar-refractivity contribution in [3.63, 3.8) is 0 Å². The van der Waals surface area contributed by atoms with Crippen LogP contribution in [-0.4, -0.2) is 18.4 Å². The monoisotopic (exact) mass is 402 g/mol. The number of hydrogen-bond acceptors (Lipinski definition) is 4. The number of nitrogens with one attached hydrogen (secondary N) is 1. The molecule has 150 valence electrons. The summed E-state index contributed by atoms with van der Waals surface area (Å²) in [6.07, 6.45) is 0. The highest BCUT2D eigenvalue weighted by atomic mass is 19.1. The van der Waals surface area contributed by atoms with Crippen molar-refractivity contribution in [3.05, 3.63) is 95.9 Å². The molecule has 30 heavy (non-hydrogen) atoms. The van der Waals surface area contributed by atoms with E-state index in [0.717, 1.165) is 4.90 Å². The number of anilines is 2. The summed E-state index contributed by atoms with van der Waals surface area (Å²) < 4.78 is 19.9. The first-order valence-corrected chi connectivity index (χ1v) is 9.53. The van der Waals surface area contributed by atoms with Crippen LogP contribution < -0.4 is 15.0 Å². The van der Waals surface area contributed by atoms with E-state index in [4.69, 9.17) is 4.74 Å². The molecule has 0 aromatic heterocycles. The van der Waals surface area contributed by atoms with Gasteiger partial charge in [0, 0.05) is 11.8 Å². The van der Waals surface area contributed by atoms with Gasteiger partial charge in [0.2, 0.25) is 0 Å². The molecule has 0 saturated heterocycles. The Morgan fingerprint density at radius 1 is 0.900 bits per heavy atom. The van der Waals surface area contributed by atoms with E-state index in [-0.39, 0.29) is 17.0 Å². The van der Waals surface area contributed by atoms with Crippen LogP contribution in [0.5, 0.6) is 5.75 Å². The number of nitrogens with zero attached hydrogens (tertiary/aromatic N) is 1. The van der Waals surface area contributed by atoms with Crippen molar-refractivity contribution in [2.75, 3.05) is 16.8 Å². The molecule has 0 aliphatic carbocycles. The zero-order chi connectivity index (χ0) is 21.1. The van der Waals surface area contributed by atoms with E-state index in [0.29, 0.717) is 23.6 Å². The molecule has 0 spiro atoms. The molecule has 0 bridgehead atoms. The van der Waals surface area contributed by atoms with Gasteiger partial charge in [-0.2, -0.15) is 0 Å². The van der Waals surface area contributed by atoms with Crippen molar-refractivity contribution in [3.8, 4) is 5.75 Å². The van der Waals surface area contributed by atoms with Crippen LogP contribution >= 0.6 is 0 Å². The van der Waals surface area contributed by atoms with Gasteiger partial charge in [-0.3, -0.25) is 9.59 Å². The first kappa shape index (κ1) is 19.4. The van der Waals surface area contributed by atoms with Crippen LogP contribution in [-0.2, 0) is 9.59 Å². The van der Waals surface area contributed by atoms with Crippen LogP contribution in [0.1, 0.15) is 12.5 Å². The molecule has 4 rings (SSSR count). The van der Waals surface area contributed by atoms with Gasteiger partial charge >= 0.3 is 0 Å². The number of rotatable bonds is 6. The minimum Gasteiger partial charge on any atom is -0.494 e. The molecule has 2 amide bonds. The number of benzene rings is 3. The van der Waals surface area contributed by atoms with Gasteiger partial charge in [0.25, 0.3) is 11.8 Å². The lowest BCUT2D eigenvalue weighted by Crippen LogP contribution is -2.33. The van der Waals surface area contributed by atoms with Crippen molar-refractivity contribution in [1.82, 2.24) is 0 Å². The maximum atomic E-state index is 14.4. The predicted molar refractivity (Wildman–Crippen MR) is 113 cm³/mol. The SMILES string of the molecule is CCOc1cccc(NC2=C(c3ccccc3)C(=O)N(c3ccccc3F)C2=O)c1. The number of amides is 2. The van der Waals surface area contributed by atoms with Crippen molar-refractivity contribution >= 4 is 28.8 Å². The number of ether oxygens (including phenoxy) is 1. The summed E-state index contributed by atoms with van der Waals surface area (Å²) >= 11 is 0. The third-order valence-corrected chi connectivity index (χ3v) is 4.65. The fourth-order valence-corrected chi connectivity index (χ4v) is 3.34. The van der Waals surface area contributed by atoms with Gasteiger partial charge in [0.1, 0.15) is 17.3 Å². The molecule has 1 aliphatic rings. The molecule has 0 radical (unpaired) electrons. The first-order valence-electron chi connectivity index (χ1n) is 9.53. The van der Waals surface area contributed by atoms with Gasteiger partial charge in [0.05, 0.1) is 17.9 Å². The topological polar surface area (TPSA) is 58.6 Å². The molecule has 3 aromatic rings. The molecule has 0 atom stereocenters. The van der Waals surface area contributed by atoms with Crippen molar-refractivity contribution in [2.24, 2.45) is 0 Å². The Morgan fingerprint density at radius 3 is 2.37 bits per heavy atom. The second-order valence-electron chi connectivity index (χ2n) is 6.60. The van der Waals surface area contributed by atoms with Crippen LogP contribution in [0.4, 0.5) is 15.8 Å². The molecule has 6 heteroatoms. The summed E-state index contributed by atoms with van der Waals surface area (Å²) in [7, 11) is 0. The summed E-state index contributed by atoms with van der Waals surface area (Å²) in [5.41, 5.74) is 1.34. The van der Waals surface area contributed by atoms with E-state index in [2.05, 4.69) is 5.32 Å². The molecular formula is C24H19FN2O3. The van der Waals surface area contributed by atoms with Gasteiger partial charge in [-0.25, -0.2) is 9.29 Å². The minimum atomic E-state index is -0.647. The van der Waals surface area contributed by atoms with Gasteiger partial charge < -0.3 is 10.1 Å². The second kappa shape index (κ2) is 8.21. The van der Waals surface area contributed by atoms with Gasteiger partial charge in [0.15, 0.2) is 0 Å². The Bertz CT molecular complexity index is 1140. The maximum Gasteiger partial charge on any atom is 0.282 e. The van der Waals surface area contributed by atoms with Gasteiger partial charge in [-0.05, 0) is 36.8 Å². The van der Waals surface area contributed by atoms with E-state index in [1.807, 2.05) is 13.0 Å². The van der Waals surface area contributed by atoms with Crippen LogP contribution in [0.3, 0.4) is 0 Å². The second-order valence-corrected chi connectivity index (χ2v) is 6.60. The average Bonchev–Trinajstić information content (AvgIpc) is 2.99. The molecule has 0 saturated carbocycles. The molecule has 3 aromatic carbocycles. The predicted octanol–water partition coefficient (Wildman–Crippen LogP) is 4.62. The Labute approximate surface area is 173 Å². The normalized spacial score (nSPS) is 13.7. The van der Waals surface area contributed by atoms with Crippen molar-refractivity contribution < 1.29 is 18.7 Å². The van der Waals surface area contributed by atoms with Crippen molar-refractivity contribution in [1.29, 1.82) is 0 Å². The van der Waals surface area contributed by atoms with Crippen LogP contribution in [0.2, 0.25) is 0 Å². The lowest BCUT2D eigenvalue weighted by Gasteiger charge is -2.16. The summed E-state index contributed by atoms with van der Waals surface area (Å²) in [5, 5.41) is 3.05. The van der Waals surface area contributed by atoms with Crippen LogP contribution in [0, 0.1) is 5.82 Å². The number of para-hydroxylation sites is 1. The highest BCUT2D eigenvalue weighted by Gasteiger charge is 2.41. The highest BCUT2D eigenvalue weighted by Crippen LogP contribution is 2.35. The zero-order valence-electron chi connectivity index (χ0n) is 16.3.